The van der Waals surface area contributed by atoms with E-state index >= 15 is 0 Å². The first-order valence-corrected chi connectivity index (χ1v) is 7.41. The van der Waals surface area contributed by atoms with Crippen molar-refractivity contribution < 1.29 is 4.74 Å². The Bertz CT molecular complexity index is 585. The molecule has 20 heavy (non-hydrogen) atoms. The number of rotatable bonds is 4. The van der Waals surface area contributed by atoms with Crippen LogP contribution in [-0.4, -0.2) is 42.8 Å². The minimum Gasteiger partial charge on any atom is -0.497 e. The summed E-state index contributed by atoms with van der Waals surface area (Å²) in [5, 5.41) is 4.71. The van der Waals surface area contributed by atoms with Gasteiger partial charge in [-0.3, -0.25) is 4.90 Å². The zero-order valence-corrected chi connectivity index (χ0v) is 12.4. The molecule has 3 rings (SSSR count). The Kier molecular flexibility index (Phi) is 3.94. The third-order valence-corrected chi connectivity index (χ3v) is 4.11. The van der Waals surface area contributed by atoms with Gasteiger partial charge in [0.1, 0.15) is 5.75 Å². The molecule has 0 spiro atoms. The van der Waals surface area contributed by atoms with E-state index in [1.54, 1.807) is 7.11 Å². The topological polar surface area (TPSA) is 29.4 Å². The van der Waals surface area contributed by atoms with E-state index < -0.39 is 0 Å². The Morgan fingerprint density at radius 1 is 1.20 bits per heavy atom. The average Bonchev–Trinajstić information content (AvgIpc) is 2.84. The van der Waals surface area contributed by atoms with Crippen molar-refractivity contribution in [3.05, 3.63) is 30.0 Å². The smallest absolute Gasteiger partial charge is 0.120 e. The number of benzene rings is 1. The number of piperazine rings is 1. The molecule has 4 heteroatoms. The van der Waals surface area contributed by atoms with Gasteiger partial charge < -0.3 is 14.6 Å². The molecule has 0 saturated carbocycles. The summed E-state index contributed by atoms with van der Waals surface area (Å²) in [5.74, 6) is 0.930. The summed E-state index contributed by atoms with van der Waals surface area (Å²) >= 11 is 0. The van der Waals surface area contributed by atoms with E-state index in [9.17, 15) is 0 Å². The van der Waals surface area contributed by atoms with Gasteiger partial charge in [-0.05, 0) is 25.1 Å². The Hall–Kier alpha value is -1.52. The van der Waals surface area contributed by atoms with Gasteiger partial charge in [0, 0.05) is 56.4 Å². The lowest BCUT2D eigenvalue weighted by Gasteiger charge is -2.27. The third kappa shape index (κ3) is 2.53. The lowest BCUT2D eigenvalue weighted by molar-refractivity contribution is 0.228. The van der Waals surface area contributed by atoms with Crippen LogP contribution in [0.25, 0.3) is 10.9 Å². The lowest BCUT2D eigenvalue weighted by Crippen LogP contribution is -2.43. The van der Waals surface area contributed by atoms with Gasteiger partial charge in [-0.25, -0.2) is 0 Å². The van der Waals surface area contributed by atoms with Gasteiger partial charge in [0.05, 0.1) is 12.6 Å². The molecule has 1 aliphatic heterocycles. The van der Waals surface area contributed by atoms with Crippen molar-refractivity contribution in [2.45, 2.75) is 20.0 Å². The number of fused-ring (bicyclic) bond motifs is 1. The van der Waals surface area contributed by atoms with Crippen LogP contribution in [0.4, 0.5) is 0 Å². The molecule has 1 N–H and O–H groups in total. The first-order valence-electron chi connectivity index (χ1n) is 7.41. The summed E-state index contributed by atoms with van der Waals surface area (Å²) in [6, 6.07) is 8.65. The van der Waals surface area contributed by atoms with Crippen molar-refractivity contribution in [1.29, 1.82) is 0 Å². The van der Waals surface area contributed by atoms with Gasteiger partial charge in [-0.2, -0.15) is 0 Å². The van der Waals surface area contributed by atoms with Gasteiger partial charge in [0.15, 0.2) is 0 Å². The molecule has 0 radical (unpaired) electrons. The monoisotopic (exact) mass is 273 g/mol. The van der Waals surface area contributed by atoms with Crippen LogP contribution in [0.15, 0.2) is 24.3 Å². The van der Waals surface area contributed by atoms with Crippen molar-refractivity contribution in [2.24, 2.45) is 0 Å². The number of methoxy groups -OCH3 is 1. The minimum atomic E-state index is 0.930. The molecule has 2 aromatic rings. The fraction of sp³-hybridized carbons (Fsp3) is 0.500. The summed E-state index contributed by atoms with van der Waals surface area (Å²) in [7, 11) is 1.72. The molecule has 1 aromatic carbocycles. The average molecular weight is 273 g/mol. The second kappa shape index (κ2) is 5.85. The molecule has 0 unspecified atom stereocenters. The normalized spacial score (nSPS) is 16.7. The van der Waals surface area contributed by atoms with E-state index in [4.69, 9.17) is 4.74 Å². The standard InChI is InChI=1S/C16H23N3O/c1-3-19-14(12-18-8-6-17-7-9-18)10-13-4-5-15(20-2)11-16(13)19/h4-5,10-11,17H,3,6-9,12H2,1-2H3. The number of hydrogen-bond acceptors (Lipinski definition) is 3. The molecule has 1 fully saturated rings. The van der Waals surface area contributed by atoms with Gasteiger partial charge in [-0.1, -0.05) is 0 Å². The van der Waals surface area contributed by atoms with Crippen LogP contribution in [-0.2, 0) is 13.1 Å². The van der Waals surface area contributed by atoms with Gasteiger partial charge in [0.2, 0.25) is 0 Å². The minimum absolute atomic E-state index is 0.930. The first-order chi connectivity index (χ1) is 9.81. The molecule has 1 saturated heterocycles. The van der Waals surface area contributed by atoms with Crippen LogP contribution >= 0.6 is 0 Å². The van der Waals surface area contributed by atoms with Crippen molar-refractivity contribution in [2.75, 3.05) is 33.3 Å². The Balaban J connectivity index is 1.93. The van der Waals surface area contributed by atoms with Crippen LogP contribution < -0.4 is 10.1 Å². The van der Waals surface area contributed by atoms with E-state index in [1.807, 2.05) is 6.07 Å². The zero-order valence-electron chi connectivity index (χ0n) is 12.4. The molecule has 0 bridgehead atoms. The van der Waals surface area contributed by atoms with Crippen molar-refractivity contribution in [3.8, 4) is 5.75 Å². The highest BCUT2D eigenvalue weighted by Crippen LogP contribution is 2.25. The van der Waals surface area contributed by atoms with Gasteiger partial charge in [0.25, 0.3) is 0 Å². The summed E-state index contributed by atoms with van der Waals surface area (Å²) < 4.78 is 7.75. The number of aryl methyl sites for hydroxylation is 1. The molecule has 1 aliphatic rings. The number of aromatic nitrogens is 1. The van der Waals surface area contributed by atoms with Crippen molar-refractivity contribution in [3.63, 3.8) is 0 Å². The van der Waals surface area contributed by atoms with Crippen LogP contribution in [0.5, 0.6) is 5.75 Å². The highest BCUT2D eigenvalue weighted by atomic mass is 16.5. The highest BCUT2D eigenvalue weighted by Gasteiger charge is 2.14. The second-order valence-electron chi connectivity index (χ2n) is 5.33. The van der Waals surface area contributed by atoms with E-state index in [2.05, 4.69) is 39.9 Å². The molecule has 0 amide bonds. The summed E-state index contributed by atoms with van der Waals surface area (Å²) in [6.07, 6.45) is 0. The van der Waals surface area contributed by atoms with Crippen molar-refractivity contribution in [1.82, 2.24) is 14.8 Å². The fourth-order valence-corrected chi connectivity index (χ4v) is 3.02. The zero-order chi connectivity index (χ0) is 13.9. The fourth-order valence-electron chi connectivity index (χ4n) is 3.02. The molecule has 2 heterocycles. The number of ether oxygens (including phenoxy) is 1. The summed E-state index contributed by atoms with van der Waals surface area (Å²) in [6.45, 7) is 8.70. The Morgan fingerprint density at radius 2 is 2.00 bits per heavy atom. The van der Waals surface area contributed by atoms with E-state index in [0.717, 1.165) is 45.0 Å². The molecule has 0 atom stereocenters. The van der Waals surface area contributed by atoms with E-state index in [-0.39, 0.29) is 0 Å². The maximum atomic E-state index is 5.35. The Labute approximate surface area is 120 Å². The number of nitrogens with zero attached hydrogens (tertiary/aromatic N) is 2. The van der Waals surface area contributed by atoms with Crippen molar-refractivity contribution >= 4 is 10.9 Å². The second-order valence-corrected chi connectivity index (χ2v) is 5.33. The molecular formula is C16H23N3O. The van der Waals surface area contributed by atoms with Crippen LogP contribution in [0.3, 0.4) is 0 Å². The summed E-state index contributed by atoms with van der Waals surface area (Å²) in [5.41, 5.74) is 2.68. The number of nitrogens with one attached hydrogen (secondary N) is 1. The third-order valence-electron chi connectivity index (χ3n) is 4.11. The number of hydrogen-bond donors (Lipinski definition) is 1. The first kappa shape index (κ1) is 13.5. The summed E-state index contributed by atoms with van der Waals surface area (Å²) in [4.78, 5) is 2.52. The Morgan fingerprint density at radius 3 is 2.70 bits per heavy atom. The SMILES string of the molecule is CCn1c(CN2CCNCC2)cc2ccc(OC)cc21. The van der Waals surface area contributed by atoms with E-state index in [1.165, 1.54) is 16.6 Å². The van der Waals surface area contributed by atoms with Crippen LogP contribution in [0.2, 0.25) is 0 Å². The molecule has 108 valence electrons. The predicted molar refractivity (Wildman–Crippen MR) is 82.3 cm³/mol. The maximum Gasteiger partial charge on any atom is 0.120 e. The van der Waals surface area contributed by atoms with Gasteiger partial charge in [-0.15, -0.1) is 0 Å². The van der Waals surface area contributed by atoms with E-state index in [0.29, 0.717) is 0 Å². The van der Waals surface area contributed by atoms with Crippen LogP contribution in [0, 0.1) is 0 Å². The molecular weight excluding hydrogens is 250 g/mol. The highest BCUT2D eigenvalue weighted by molar-refractivity contribution is 5.82. The lowest BCUT2D eigenvalue weighted by atomic mass is 10.2. The molecule has 4 nitrogen and oxygen atoms in total. The van der Waals surface area contributed by atoms with Crippen LogP contribution in [0.1, 0.15) is 12.6 Å². The predicted octanol–water partition coefficient (Wildman–Crippen LogP) is 2.07. The quantitative estimate of drug-likeness (QED) is 0.925. The van der Waals surface area contributed by atoms with Gasteiger partial charge >= 0.3 is 0 Å². The molecule has 1 aromatic heterocycles. The molecule has 0 aliphatic carbocycles. The largest absolute Gasteiger partial charge is 0.497 e. The maximum absolute atomic E-state index is 5.35.